The topological polar surface area (TPSA) is 110 Å². The average molecular weight is 541 g/mol. The lowest BCUT2D eigenvalue weighted by atomic mass is 9.80. The fourth-order valence-corrected chi connectivity index (χ4v) is 5.78. The van der Waals surface area contributed by atoms with Crippen LogP contribution in [0.3, 0.4) is 0 Å². The molecule has 4 aromatic carbocycles. The van der Waals surface area contributed by atoms with Crippen molar-refractivity contribution in [2.75, 3.05) is 34.6 Å². The Balaban J connectivity index is 1.73. The summed E-state index contributed by atoms with van der Waals surface area (Å²) in [6, 6.07) is 19.3. The maximum atomic E-state index is 14.2. The molecule has 1 aliphatic carbocycles. The predicted molar refractivity (Wildman–Crippen MR) is 161 cm³/mol. The molecular formula is C30H28N4O2S2. The summed E-state index contributed by atoms with van der Waals surface area (Å²) in [4.78, 5) is 29.9. The van der Waals surface area contributed by atoms with E-state index < -0.39 is 0 Å². The van der Waals surface area contributed by atoms with E-state index in [2.05, 4.69) is 10.6 Å². The Hall–Kier alpha value is -3.88. The largest absolute Gasteiger partial charge is 0.397 e. The molecule has 38 heavy (non-hydrogen) atoms. The van der Waals surface area contributed by atoms with Crippen LogP contribution in [0.2, 0.25) is 0 Å². The Morgan fingerprint density at radius 2 is 0.921 bits per heavy atom. The van der Waals surface area contributed by atoms with Crippen LogP contribution in [0.1, 0.15) is 43.0 Å². The summed E-state index contributed by atoms with van der Waals surface area (Å²) < 4.78 is 0. The summed E-state index contributed by atoms with van der Waals surface area (Å²) in [6.45, 7) is 4.02. The number of anilines is 6. The maximum Gasteiger partial charge on any atom is 0.198 e. The van der Waals surface area contributed by atoms with E-state index in [1.807, 2.05) is 87.0 Å². The van der Waals surface area contributed by atoms with Crippen molar-refractivity contribution in [2.45, 2.75) is 23.6 Å². The molecule has 0 saturated carbocycles. The number of rotatable bonds is 6. The van der Waals surface area contributed by atoms with Gasteiger partial charge < -0.3 is 22.1 Å². The number of nitrogen functional groups attached to an aromatic ring is 2. The molecule has 0 atom stereocenters. The van der Waals surface area contributed by atoms with E-state index >= 15 is 0 Å². The molecule has 0 aromatic heterocycles. The molecule has 0 heterocycles. The van der Waals surface area contributed by atoms with Crippen molar-refractivity contribution in [2.24, 2.45) is 0 Å². The van der Waals surface area contributed by atoms with Gasteiger partial charge in [-0.25, -0.2) is 0 Å². The van der Waals surface area contributed by atoms with Crippen molar-refractivity contribution in [3.63, 3.8) is 0 Å². The number of hydrogen-bond acceptors (Lipinski definition) is 8. The Bertz CT molecular complexity index is 1480. The van der Waals surface area contributed by atoms with Gasteiger partial charge >= 0.3 is 0 Å². The number of hydrogen-bond donors (Lipinski definition) is 4. The summed E-state index contributed by atoms with van der Waals surface area (Å²) in [5, 5.41) is 6.69. The van der Waals surface area contributed by atoms with Gasteiger partial charge in [0.25, 0.3) is 0 Å². The van der Waals surface area contributed by atoms with Gasteiger partial charge in [0, 0.05) is 21.2 Å². The smallest absolute Gasteiger partial charge is 0.198 e. The molecule has 0 amide bonds. The van der Waals surface area contributed by atoms with Gasteiger partial charge in [0.15, 0.2) is 11.6 Å². The second kappa shape index (κ2) is 10.1. The molecule has 0 unspecified atom stereocenters. The summed E-state index contributed by atoms with van der Waals surface area (Å²) in [5.41, 5.74) is 19.4. The number of aryl methyl sites for hydroxylation is 2. The first-order valence-electron chi connectivity index (χ1n) is 12.0. The summed E-state index contributed by atoms with van der Waals surface area (Å²) in [7, 11) is 0. The summed E-state index contributed by atoms with van der Waals surface area (Å²) in [6.07, 6.45) is 3.79. The lowest BCUT2D eigenvalue weighted by Crippen LogP contribution is -2.26. The van der Waals surface area contributed by atoms with Crippen molar-refractivity contribution in [1.82, 2.24) is 0 Å². The Kier molecular flexibility index (Phi) is 6.86. The molecule has 0 saturated heterocycles. The monoisotopic (exact) mass is 540 g/mol. The van der Waals surface area contributed by atoms with E-state index in [1.165, 1.54) is 23.5 Å². The number of fused-ring (bicyclic) bond motifs is 2. The second-order valence-corrected chi connectivity index (χ2v) is 10.9. The fraction of sp³-hybridized carbons (Fsp3) is 0.133. The van der Waals surface area contributed by atoms with Crippen LogP contribution >= 0.6 is 23.5 Å². The highest BCUT2D eigenvalue weighted by Crippen LogP contribution is 2.46. The van der Waals surface area contributed by atoms with Gasteiger partial charge in [0.1, 0.15) is 0 Å². The predicted octanol–water partition coefficient (Wildman–Crippen LogP) is 7.17. The van der Waals surface area contributed by atoms with E-state index in [0.717, 1.165) is 22.5 Å². The third-order valence-corrected chi connectivity index (χ3v) is 8.22. The van der Waals surface area contributed by atoms with E-state index in [0.29, 0.717) is 32.5 Å². The minimum atomic E-state index is -0.330. The van der Waals surface area contributed by atoms with E-state index in [1.54, 1.807) is 0 Å². The summed E-state index contributed by atoms with van der Waals surface area (Å²) >= 11 is 2.85. The molecule has 0 bridgehead atoms. The molecule has 1 aliphatic rings. The highest BCUT2D eigenvalue weighted by atomic mass is 32.2. The zero-order chi connectivity index (χ0) is 27.1. The van der Waals surface area contributed by atoms with Crippen molar-refractivity contribution in [3.8, 4) is 0 Å². The number of nitrogens with one attached hydrogen (secondary N) is 2. The fourth-order valence-electron chi connectivity index (χ4n) is 4.66. The first-order valence-corrected chi connectivity index (χ1v) is 14.5. The number of carbonyl (C=O) groups excluding carboxylic acids is 2. The molecule has 8 heteroatoms. The van der Waals surface area contributed by atoms with E-state index in [4.69, 9.17) is 11.5 Å². The van der Waals surface area contributed by atoms with Crippen LogP contribution in [0.15, 0.2) is 70.5 Å². The second-order valence-electron chi connectivity index (χ2n) is 9.22. The molecular weight excluding hydrogens is 512 g/mol. The van der Waals surface area contributed by atoms with Crippen molar-refractivity contribution >= 4 is 69.2 Å². The SMILES string of the molecule is CSc1cc(Nc2ccc(C)cc2)c2c(c1N)C(=O)c1c(Nc3ccc(C)cc3)cc(SC)c(N)c1C2=O. The lowest BCUT2D eigenvalue weighted by molar-refractivity contribution is 0.0981. The lowest BCUT2D eigenvalue weighted by Gasteiger charge is -2.27. The van der Waals surface area contributed by atoms with Crippen molar-refractivity contribution in [1.29, 1.82) is 0 Å². The third kappa shape index (κ3) is 4.40. The molecule has 192 valence electrons. The minimum absolute atomic E-state index is 0.201. The normalized spacial score (nSPS) is 12.2. The van der Waals surface area contributed by atoms with Crippen LogP contribution in [0, 0.1) is 13.8 Å². The van der Waals surface area contributed by atoms with Gasteiger partial charge in [-0.15, -0.1) is 23.5 Å². The molecule has 0 spiro atoms. The third-order valence-electron chi connectivity index (χ3n) is 6.67. The highest BCUT2D eigenvalue weighted by molar-refractivity contribution is 7.99. The average Bonchev–Trinajstić information content (AvgIpc) is 2.91. The summed E-state index contributed by atoms with van der Waals surface area (Å²) in [5.74, 6) is -0.659. The van der Waals surface area contributed by atoms with Gasteiger partial charge in [-0.1, -0.05) is 35.4 Å². The molecule has 0 aliphatic heterocycles. The van der Waals surface area contributed by atoms with Gasteiger partial charge in [-0.3, -0.25) is 9.59 Å². The molecule has 6 nitrogen and oxygen atoms in total. The number of nitrogens with two attached hydrogens (primary N) is 2. The van der Waals surface area contributed by atoms with Crippen LogP contribution in [-0.2, 0) is 0 Å². The van der Waals surface area contributed by atoms with Crippen molar-refractivity contribution < 1.29 is 9.59 Å². The van der Waals surface area contributed by atoms with Gasteiger partial charge in [0.05, 0.1) is 45.0 Å². The van der Waals surface area contributed by atoms with E-state index in [9.17, 15) is 9.59 Å². The molecule has 4 aromatic rings. The van der Waals surface area contributed by atoms with Gasteiger partial charge in [0.2, 0.25) is 0 Å². The number of ketones is 2. The van der Waals surface area contributed by atoms with Crippen LogP contribution in [0.25, 0.3) is 0 Å². The van der Waals surface area contributed by atoms with Gasteiger partial charge in [-0.05, 0) is 62.8 Å². The first kappa shape index (κ1) is 25.8. The zero-order valence-corrected chi connectivity index (χ0v) is 23.2. The van der Waals surface area contributed by atoms with Crippen LogP contribution in [-0.4, -0.2) is 24.1 Å². The van der Waals surface area contributed by atoms with E-state index in [-0.39, 0.29) is 33.8 Å². The molecule has 0 fully saturated rings. The standard InChI is InChI=1S/C30H28N4O2S2/c1-15-5-9-17(10-6-15)33-19-13-21(37-3)27(31)25-23(19)29(35)26-24(30(25)36)20(14-22(38-4)28(26)32)34-18-11-7-16(2)8-12-18/h5-14,33-34H,31-32H2,1-4H3. The maximum absolute atomic E-state index is 14.2. The van der Waals surface area contributed by atoms with Crippen LogP contribution in [0.5, 0.6) is 0 Å². The van der Waals surface area contributed by atoms with Gasteiger partial charge in [-0.2, -0.15) is 0 Å². The van der Waals surface area contributed by atoms with Crippen LogP contribution < -0.4 is 22.1 Å². The number of thioether (sulfide) groups is 2. The Labute approximate surface area is 230 Å². The Morgan fingerprint density at radius 3 is 1.24 bits per heavy atom. The molecule has 5 rings (SSSR count). The van der Waals surface area contributed by atoms with Crippen LogP contribution in [0.4, 0.5) is 34.1 Å². The first-order chi connectivity index (χ1) is 18.2. The quantitative estimate of drug-likeness (QED) is 0.132. The minimum Gasteiger partial charge on any atom is -0.397 e. The number of carbonyl (C=O) groups is 2. The molecule has 0 radical (unpaired) electrons. The molecule has 6 N–H and O–H groups in total. The number of benzene rings is 4. The zero-order valence-electron chi connectivity index (χ0n) is 21.6. The van der Waals surface area contributed by atoms with Crippen molar-refractivity contribution in [3.05, 3.63) is 94.0 Å². The Morgan fingerprint density at radius 1 is 0.579 bits per heavy atom. The highest BCUT2D eigenvalue weighted by Gasteiger charge is 2.38.